The topological polar surface area (TPSA) is 66.4 Å². The Morgan fingerprint density at radius 1 is 1.14 bits per heavy atom. The summed E-state index contributed by atoms with van der Waals surface area (Å²) in [5.41, 5.74) is -0.150. The lowest BCUT2D eigenvalue weighted by Gasteiger charge is -2.11. The van der Waals surface area contributed by atoms with Crippen molar-refractivity contribution in [1.29, 1.82) is 0 Å². The molecule has 0 aliphatic rings. The fourth-order valence-corrected chi connectivity index (χ4v) is 2.36. The molecule has 4 nitrogen and oxygen atoms in total. The van der Waals surface area contributed by atoms with Gasteiger partial charge in [-0.3, -0.25) is 4.79 Å². The molecule has 0 aliphatic carbocycles. The molecule has 0 fully saturated rings. The summed E-state index contributed by atoms with van der Waals surface area (Å²) >= 11 is 8.89. The van der Waals surface area contributed by atoms with E-state index in [1.54, 1.807) is 0 Å². The third-order valence-electron chi connectivity index (χ3n) is 2.68. The van der Waals surface area contributed by atoms with Crippen molar-refractivity contribution in [3.05, 3.63) is 62.8 Å². The van der Waals surface area contributed by atoms with E-state index >= 15 is 0 Å². The zero-order valence-corrected chi connectivity index (χ0v) is 12.7. The van der Waals surface area contributed by atoms with E-state index in [0.717, 1.165) is 0 Å². The van der Waals surface area contributed by atoms with E-state index < -0.39 is 17.7 Å². The molecule has 2 aromatic rings. The monoisotopic (exact) mass is 371 g/mol. The highest BCUT2D eigenvalue weighted by Gasteiger charge is 2.18. The molecule has 21 heavy (non-hydrogen) atoms. The van der Waals surface area contributed by atoms with Gasteiger partial charge in [0.15, 0.2) is 0 Å². The Morgan fingerprint density at radius 3 is 2.43 bits per heavy atom. The average molecular weight is 373 g/mol. The summed E-state index contributed by atoms with van der Waals surface area (Å²) in [6.07, 6.45) is 0. The van der Waals surface area contributed by atoms with E-state index in [1.165, 1.54) is 36.4 Å². The standard InChI is InChI=1S/C14H8BrClFNO3/c15-11-7(3-2-6-10(11)17)13(19)18-12-8(14(20)21)4-1-5-9(12)16/h1-6H,(H,18,19)(H,20,21). The number of amides is 1. The fourth-order valence-electron chi connectivity index (χ4n) is 1.69. The molecule has 0 aromatic heterocycles. The van der Waals surface area contributed by atoms with Crippen LogP contribution >= 0.6 is 27.5 Å². The highest BCUT2D eigenvalue weighted by atomic mass is 79.9. The Hall–Kier alpha value is -1.92. The van der Waals surface area contributed by atoms with Crippen LogP contribution in [0.15, 0.2) is 40.9 Å². The summed E-state index contributed by atoms with van der Waals surface area (Å²) in [4.78, 5) is 23.3. The normalized spacial score (nSPS) is 10.2. The van der Waals surface area contributed by atoms with Crippen molar-refractivity contribution in [3.8, 4) is 0 Å². The zero-order chi connectivity index (χ0) is 15.6. The number of carboxylic acids is 1. The Bertz CT molecular complexity index is 736. The maximum absolute atomic E-state index is 13.4. The molecule has 2 N–H and O–H groups in total. The molecular formula is C14H8BrClFNO3. The van der Waals surface area contributed by atoms with E-state index in [2.05, 4.69) is 21.2 Å². The molecule has 0 aliphatic heterocycles. The second-order valence-corrected chi connectivity index (χ2v) is 5.22. The number of halogens is 3. The number of benzene rings is 2. The van der Waals surface area contributed by atoms with Crippen LogP contribution in [0.5, 0.6) is 0 Å². The molecular weight excluding hydrogens is 365 g/mol. The van der Waals surface area contributed by atoms with Gasteiger partial charge in [-0.25, -0.2) is 9.18 Å². The molecule has 0 spiro atoms. The van der Waals surface area contributed by atoms with Gasteiger partial charge in [0.1, 0.15) is 5.82 Å². The molecule has 0 atom stereocenters. The maximum Gasteiger partial charge on any atom is 0.337 e. The van der Waals surface area contributed by atoms with Crippen LogP contribution in [0, 0.1) is 5.82 Å². The maximum atomic E-state index is 13.4. The summed E-state index contributed by atoms with van der Waals surface area (Å²) in [6.45, 7) is 0. The SMILES string of the molecule is O=C(Nc1c(Cl)cccc1C(=O)O)c1cccc(F)c1Br. The van der Waals surface area contributed by atoms with Gasteiger partial charge in [0.2, 0.25) is 0 Å². The first kappa shape index (κ1) is 15.5. The van der Waals surface area contributed by atoms with E-state index in [9.17, 15) is 14.0 Å². The van der Waals surface area contributed by atoms with Gasteiger partial charge >= 0.3 is 5.97 Å². The Balaban J connectivity index is 2.41. The van der Waals surface area contributed by atoms with Crippen LogP contribution in [-0.2, 0) is 0 Å². The number of para-hydroxylation sites is 1. The van der Waals surface area contributed by atoms with E-state index in [1.807, 2.05) is 0 Å². The minimum absolute atomic E-state index is 0.00794. The van der Waals surface area contributed by atoms with Crippen LogP contribution in [0.2, 0.25) is 5.02 Å². The lowest BCUT2D eigenvalue weighted by Crippen LogP contribution is -2.16. The average Bonchev–Trinajstić information content (AvgIpc) is 2.43. The van der Waals surface area contributed by atoms with Crippen molar-refractivity contribution in [2.45, 2.75) is 0 Å². The molecule has 0 radical (unpaired) electrons. The van der Waals surface area contributed by atoms with Crippen molar-refractivity contribution < 1.29 is 19.1 Å². The number of anilines is 1. The number of carbonyl (C=O) groups excluding carboxylic acids is 1. The molecule has 0 unspecified atom stereocenters. The summed E-state index contributed by atoms with van der Waals surface area (Å²) in [7, 11) is 0. The molecule has 1 amide bonds. The second-order valence-electron chi connectivity index (χ2n) is 4.02. The number of carboxylic acid groups (broad SMARTS) is 1. The van der Waals surface area contributed by atoms with Crippen molar-refractivity contribution in [3.63, 3.8) is 0 Å². The molecule has 0 bridgehead atoms. The molecule has 2 rings (SSSR count). The van der Waals surface area contributed by atoms with Gasteiger partial charge in [0, 0.05) is 0 Å². The van der Waals surface area contributed by atoms with Gasteiger partial charge < -0.3 is 10.4 Å². The lowest BCUT2D eigenvalue weighted by atomic mass is 10.1. The van der Waals surface area contributed by atoms with Crippen LogP contribution in [-0.4, -0.2) is 17.0 Å². The van der Waals surface area contributed by atoms with Crippen LogP contribution in [0.4, 0.5) is 10.1 Å². The summed E-state index contributed by atoms with van der Waals surface area (Å²) in [5.74, 6) is -2.50. The Morgan fingerprint density at radius 2 is 1.76 bits per heavy atom. The minimum Gasteiger partial charge on any atom is -0.478 e. The number of hydrogen-bond donors (Lipinski definition) is 2. The third kappa shape index (κ3) is 3.22. The Kier molecular flexibility index (Phi) is 4.59. The second kappa shape index (κ2) is 6.24. The van der Waals surface area contributed by atoms with Crippen LogP contribution in [0.25, 0.3) is 0 Å². The van der Waals surface area contributed by atoms with E-state index in [-0.39, 0.29) is 26.3 Å². The first-order chi connectivity index (χ1) is 9.91. The number of nitrogens with one attached hydrogen (secondary N) is 1. The Labute approximate surface area is 132 Å². The molecule has 0 heterocycles. The van der Waals surface area contributed by atoms with Crippen LogP contribution in [0.1, 0.15) is 20.7 Å². The van der Waals surface area contributed by atoms with E-state index in [0.29, 0.717) is 0 Å². The van der Waals surface area contributed by atoms with Gasteiger partial charge in [-0.1, -0.05) is 23.7 Å². The molecule has 0 saturated heterocycles. The first-order valence-corrected chi connectivity index (χ1v) is 6.86. The van der Waals surface area contributed by atoms with Crippen LogP contribution in [0.3, 0.4) is 0 Å². The van der Waals surface area contributed by atoms with E-state index in [4.69, 9.17) is 16.7 Å². The third-order valence-corrected chi connectivity index (χ3v) is 3.80. The number of carbonyl (C=O) groups is 2. The van der Waals surface area contributed by atoms with Crippen molar-refractivity contribution in [2.75, 3.05) is 5.32 Å². The first-order valence-electron chi connectivity index (χ1n) is 5.69. The zero-order valence-electron chi connectivity index (χ0n) is 10.4. The van der Waals surface area contributed by atoms with Gasteiger partial charge in [-0.2, -0.15) is 0 Å². The highest BCUT2D eigenvalue weighted by molar-refractivity contribution is 9.10. The van der Waals surface area contributed by atoms with Crippen LogP contribution < -0.4 is 5.32 Å². The summed E-state index contributed by atoms with van der Waals surface area (Å²) in [6, 6.07) is 8.19. The fraction of sp³-hybridized carbons (Fsp3) is 0. The number of hydrogen-bond acceptors (Lipinski definition) is 2. The molecule has 0 saturated carbocycles. The van der Waals surface area contributed by atoms with Gasteiger partial charge in [0.25, 0.3) is 5.91 Å². The number of rotatable bonds is 3. The van der Waals surface area contributed by atoms with Gasteiger partial charge in [0.05, 0.1) is 26.3 Å². The van der Waals surface area contributed by atoms with Gasteiger partial charge in [-0.05, 0) is 40.2 Å². The largest absolute Gasteiger partial charge is 0.478 e. The minimum atomic E-state index is -1.23. The smallest absolute Gasteiger partial charge is 0.337 e. The highest BCUT2D eigenvalue weighted by Crippen LogP contribution is 2.28. The predicted octanol–water partition coefficient (Wildman–Crippen LogP) is 4.19. The van der Waals surface area contributed by atoms with Crippen molar-refractivity contribution >= 4 is 45.1 Å². The molecule has 2 aromatic carbocycles. The summed E-state index contributed by atoms with van der Waals surface area (Å²) < 4.78 is 13.4. The quantitative estimate of drug-likeness (QED) is 0.849. The summed E-state index contributed by atoms with van der Waals surface area (Å²) in [5, 5.41) is 11.6. The molecule has 108 valence electrons. The molecule has 7 heteroatoms. The van der Waals surface area contributed by atoms with Crippen molar-refractivity contribution in [2.24, 2.45) is 0 Å². The predicted molar refractivity (Wildman–Crippen MR) is 80.5 cm³/mol. The number of aromatic carboxylic acids is 1. The lowest BCUT2D eigenvalue weighted by molar-refractivity contribution is 0.0698. The van der Waals surface area contributed by atoms with Gasteiger partial charge in [-0.15, -0.1) is 0 Å². The van der Waals surface area contributed by atoms with Crippen molar-refractivity contribution in [1.82, 2.24) is 0 Å².